The molecule has 1 amide bonds. The minimum Gasteiger partial charge on any atom is -0.497 e. The second-order valence-electron chi connectivity index (χ2n) is 6.37. The summed E-state index contributed by atoms with van der Waals surface area (Å²) >= 11 is 11.8. The average molecular weight is 483 g/mol. The zero-order chi connectivity index (χ0) is 22.8. The summed E-state index contributed by atoms with van der Waals surface area (Å²) in [6.07, 6.45) is 0. The molecule has 0 saturated carbocycles. The quantitative estimate of drug-likeness (QED) is 0.522. The highest BCUT2D eigenvalue weighted by Crippen LogP contribution is 2.28. The Bertz CT molecular complexity index is 1230. The number of methoxy groups -OCH3 is 1. The van der Waals surface area contributed by atoms with Gasteiger partial charge in [-0.3, -0.25) is 9.10 Å². The standard InChI is InChI=1S/C21H17Cl2FN2O4S/c1-26(13-6-8-14(30-2)9-7-13)31(28,29)15-10-11-17(22)16(12-15)21(27)25-19-5-3-4-18(23)20(19)24/h3-12H,1-2H3,(H,25,27). The summed E-state index contributed by atoms with van der Waals surface area (Å²) in [4.78, 5) is 12.5. The molecule has 0 bridgehead atoms. The Morgan fingerprint density at radius 3 is 2.35 bits per heavy atom. The lowest BCUT2D eigenvalue weighted by molar-refractivity contribution is 0.102. The molecule has 10 heteroatoms. The average Bonchev–Trinajstić information content (AvgIpc) is 2.76. The van der Waals surface area contributed by atoms with Crippen molar-refractivity contribution in [3.8, 4) is 5.75 Å². The summed E-state index contributed by atoms with van der Waals surface area (Å²) in [5.41, 5.74) is 0.102. The van der Waals surface area contributed by atoms with Gasteiger partial charge >= 0.3 is 0 Å². The van der Waals surface area contributed by atoms with Crippen LogP contribution in [0.5, 0.6) is 5.75 Å². The molecule has 0 aromatic heterocycles. The fraction of sp³-hybridized carbons (Fsp3) is 0.0952. The molecule has 0 spiro atoms. The van der Waals surface area contributed by atoms with Crippen molar-refractivity contribution in [3.05, 3.63) is 82.1 Å². The zero-order valence-corrected chi connectivity index (χ0v) is 18.7. The normalized spacial score (nSPS) is 11.1. The van der Waals surface area contributed by atoms with Crippen LogP contribution in [0.2, 0.25) is 10.0 Å². The Morgan fingerprint density at radius 2 is 1.71 bits per heavy atom. The van der Waals surface area contributed by atoms with Crippen LogP contribution in [0.1, 0.15) is 10.4 Å². The third-order valence-corrected chi connectivity index (χ3v) is 6.88. The van der Waals surface area contributed by atoms with E-state index in [1.54, 1.807) is 24.3 Å². The SMILES string of the molecule is COc1ccc(N(C)S(=O)(=O)c2ccc(Cl)c(C(=O)Nc3cccc(Cl)c3F)c2)cc1. The molecule has 31 heavy (non-hydrogen) atoms. The number of sulfonamides is 1. The van der Waals surface area contributed by atoms with Crippen LogP contribution < -0.4 is 14.4 Å². The summed E-state index contributed by atoms with van der Waals surface area (Å²) in [5.74, 6) is -1.01. The fourth-order valence-corrected chi connectivity index (χ4v) is 4.32. The number of hydrogen-bond donors (Lipinski definition) is 1. The molecule has 0 heterocycles. The zero-order valence-electron chi connectivity index (χ0n) is 16.4. The van der Waals surface area contributed by atoms with Crippen molar-refractivity contribution < 1.29 is 22.3 Å². The van der Waals surface area contributed by atoms with E-state index in [9.17, 15) is 17.6 Å². The first-order valence-corrected chi connectivity index (χ1v) is 11.0. The van der Waals surface area contributed by atoms with Gasteiger partial charge in [0.2, 0.25) is 0 Å². The van der Waals surface area contributed by atoms with Crippen molar-refractivity contribution in [3.63, 3.8) is 0 Å². The maximum absolute atomic E-state index is 14.1. The molecule has 3 aromatic rings. The second-order valence-corrected chi connectivity index (χ2v) is 9.15. The molecule has 0 aliphatic rings. The van der Waals surface area contributed by atoms with Gasteiger partial charge in [0.15, 0.2) is 5.82 Å². The van der Waals surface area contributed by atoms with Gasteiger partial charge in [-0.25, -0.2) is 12.8 Å². The second kappa shape index (κ2) is 9.13. The van der Waals surface area contributed by atoms with Gasteiger partial charge in [-0.2, -0.15) is 0 Å². The van der Waals surface area contributed by atoms with E-state index in [0.29, 0.717) is 11.4 Å². The third-order valence-electron chi connectivity index (χ3n) is 4.48. The van der Waals surface area contributed by atoms with E-state index >= 15 is 0 Å². The van der Waals surface area contributed by atoms with Crippen molar-refractivity contribution >= 4 is 50.5 Å². The molecule has 3 aromatic carbocycles. The highest BCUT2D eigenvalue weighted by Gasteiger charge is 2.24. The van der Waals surface area contributed by atoms with Gasteiger partial charge in [-0.1, -0.05) is 29.3 Å². The molecule has 0 aliphatic carbocycles. The lowest BCUT2D eigenvalue weighted by Crippen LogP contribution is -2.27. The van der Waals surface area contributed by atoms with Crippen LogP contribution >= 0.6 is 23.2 Å². The first kappa shape index (κ1) is 22.9. The van der Waals surface area contributed by atoms with Gasteiger partial charge in [0.05, 0.1) is 39.0 Å². The summed E-state index contributed by atoms with van der Waals surface area (Å²) < 4.78 is 46.4. The number of halogens is 3. The van der Waals surface area contributed by atoms with Gasteiger partial charge in [0, 0.05) is 7.05 Å². The molecule has 0 saturated heterocycles. The molecule has 0 fully saturated rings. The first-order valence-electron chi connectivity index (χ1n) is 8.83. The Hall–Kier alpha value is -2.81. The molecule has 0 aliphatic heterocycles. The summed E-state index contributed by atoms with van der Waals surface area (Å²) in [6, 6.07) is 14.3. The van der Waals surface area contributed by atoms with Gasteiger partial charge in [0.1, 0.15) is 5.75 Å². The van der Waals surface area contributed by atoms with Gasteiger partial charge < -0.3 is 10.1 Å². The number of amides is 1. The van der Waals surface area contributed by atoms with Gasteiger partial charge in [-0.05, 0) is 54.6 Å². The van der Waals surface area contributed by atoms with Crippen LogP contribution in [-0.2, 0) is 10.0 Å². The predicted octanol–water partition coefficient (Wildman–Crippen LogP) is 5.22. The topological polar surface area (TPSA) is 75.7 Å². The van der Waals surface area contributed by atoms with Gasteiger partial charge in [0.25, 0.3) is 15.9 Å². The largest absolute Gasteiger partial charge is 0.497 e. The predicted molar refractivity (Wildman–Crippen MR) is 119 cm³/mol. The first-order chi connectivity index (χ1) is 14.6. The Morgan fingerprint density at radius 1 is 1.03 bits per heavy atom. The molecule has 1 N–H and O–H groups in total. The van der Waals surface area contributed by atoms with E-state index < -0.39 is 21.7 Å². The Kier molecular flexibility index (Phi) is 6.74. The number of rotatable bonds is 6. The Balaban J connectivity index is 1.93. The number of ether oxygens (including phenoxy) is 1. The van der Waals surface area contributed by atoms with Crippen LogP contribution in [0.4, 0.5) is 15.8 Å². The number of carbonyl (C=O) groups is 1. The number of nitrogens with zero attached hydrogens (tertiary/aromatic N) is 1. The maximum atomic E-state index is 14.1. The smallest absolute Gasteiger partial charge is 0.264 e. The van der Waals surface area contributed by atoms with Crippen LogP contribution in [0.15, 0.2) is 65.6 Å². The molecule has 0 atom stereocenters. The van der Waals surface area contributed by atoms with Crippen molar-refractivity contribution in [2.24, 2.45) is 0 Å². The monoisotopic (exact) mass is 482 g/mol. The van der Waals surface area contributed by atoms with Gasteiger partial charge in [-0.15, -0.1) is 0 Å². The molecule has 3 rings (SSSR count). The molecular weight excluding hydrogens is 466 g/mol. The number of hydrogen-bond acceptors (Lipinski definition) is 4. The van der Waals surface area contributed by atoms with E-state index in [-0.39, 0.29) is 26.2 Å². The maximum Gasteiger partial charge on any atom is 0.264 e. The molecular formula is C21H17Cl2FN2O4S. The van der Waals surface area contributed by atoms with Crippen molar-refractivity contribution in [1.29, 1.82) is 0 Å². The van der Waals surface area contributed by atoms with E-state index in [4.69, 9.17) is 27.9 Å². The highest BCUT2D eigenvalue weighted by molar-refractivity contribution is 7.92. The van der Waals surface area contributed by atoms with Crippen molar-refractivity contribution in [1.82, 2.24) is 0 Å². The summed E-state index contributed by atoms with van der Waals surface area (Å²) in [7, 11) is -1.13. The third kappa shape index (κ3) is 4.76. The summed E-state index contributed by atoms with van der Waals surface area (Å²) in [5, 5.41) is 2.20. The number of benzene rings is 3. The minimum absolute atomic E-state index is 0.00554. The number of nitrogens with one attached hydrogen (secondary N) is 1. The van der Waals surface area contributed by atoms with E-state index in [2.05, 4.69) is 5.32 Å². The van der Waals surface area contributed by atoms with Crippen LogP contribution in [0.25, 0.3) is 0 Å². The molecule has 0 radical (unpaired) electrons. The van der Waals surface area contributed by atoms with E-state index in [1.807, 2.05) is 0 Å². The van der Waals surface area contributed by atoms with E-state index in [0.717, 1.165) is 10.4 Å². The highest BCUT2D eigenvalue weighted by atomic mass is 35.5. The lowest BCUT2D eigenvalue weighted by Gasteiger charge is -2.20. The molecule has 0 unspecified atom stereocenters. The number of carbonyl (C=O) groups excluding carboxylic acids is 1. The van der Waals surface area contributed by atoms with Crippen LogP contribution in [0.3, 0.4) is 0 Å². The van der Waals surface area contributed by atoms with Crippen LogP contribution in [-0.4, -0.2) is 28.5 Å². The summed E-state index contributed by atoms with van der Waals surface area (Å²) in [6.45, 7) is 0. The van der Waals surface area contributed by atoms with E-state index in [1.165, 1.54) is 44.5 Å². The van der Waals surface area contributed by atoms with Crippen LogP contribution in [0, 0.1) is 5.82 Å². The van der Waals surface area contributed by atoms with Crippen molar-refractivity contribution in [2.75, 3.05) is 23.8 Å². The van der Waals surface area contributed by atoms with Crippen molar-refractivity contribution in [2.45, 2.75) is 4.90 Å². The lowest BCUT2D eigenvalue weighted by atomic mass is 10.2. The number of anilines is 2. The minimum atomic E-state index is -4.01. The molecule has 162 valence electrons. The fourth-order valence-electron chi connectivity index (χ4n) is 2.72. The molecule has 6 nitrogen and oxygen atoms in total. The Labute approximate surface area is 189 Å².